The van der Waals surface area contributed by atoms with Crippen LogP contribution in [0.4, 0.5) is 8.78 Å². The first-order valence-electron chi connectivity index (χ1n) is 4.42. The van der Waals surface area contributed by atoms with Crippen LogP contribution >= 0.6 is 0 Å². The molecule has 1 atom stereocenters. The van der Waals surface area contributed by atoms with Crippen molar-refractivity contribution in [1.82, 2.24) is 0 Å². The zero-order valence-corrected chi connectivity index (χ0v) is 8.09. The third-order valence-corrected chi connectivity index (χ3v) is 2.09. The van der Waals surface area contributed by atoms with E-state index in [0.717, 1.165) is 6.07 Å². The van der Waals surface area contributed by atoms with E-state index < -0.39 is 11.6 Å². The van der Waals surface area contributed by atoms with E-state index in [2.05, 4.69) is 6.92 Å². The summed E-state index contributed by atoms with van der Waals surface area (Å²) in [5.74, 6) is -1.90. The summed E-state index contributed by atoms with van der Waals surface area (Å²) in [5, 5.41) is 0. The van der Waals surface area contributed by atoms with Crippen molar-refractivity contribution in [2.45, 2.75) is 12.3 Å². The Kier molecular flexibility index (Phi) is 4.01. The van der Waals surface area contributed by atoms with Crippen molar-refractivity contribution in [2.75, 3.05) is 13.7 Å². The minimum Gasteiger partial charge on any atom is -0.385 e. The van der Waals surface area contributed by atoms with Crippen LogP contribution in [0, 0.1) is 18.6 Å². The highest BCUT2D eigenvalue weighted by Crippen LogP contribution is 2.22. The average Bonchev–Trinajstić information content (AvgIpc) is 2.18. The van der Waals surface area contributed by atoms with Gasteiger partial charge in [-0.1, -0.05) is 12.1 Å². The predicted octanol–water partition coefficient (Wildman–Crippen LogP) is 2.92. The van der Waals surface area contributed by atoms with Crippen LogP contribution in [-0.2, 0) is 4.74 Å². The molecule has 1 unspecified atom stereocenters. The first kappa shape index (κ1) is 11.1. The summed E-state index contributed by atoms with van der Waals surface area (Å²) in [4.78, 5) is 0. The fourth-order valence-corrected chi connectivity index (χ4v) is 1.25. The van der Waals surface area contributed by atoms with Gasteiger partial charge in [-0.2, -0.15) is 0 Å². The summed E-state index contributed by atoms with van der Waals surface area (Å²) in [6.07, 6.45) is 0.580. The summed E-state index contributed by atoms with van der Waals surface area (Å²) in [6, 6.07) is 4.13. The smallest absolute Gasteiger partial charge is 0.162 e. The van der Waals surface area contributed by atoms with Crippen LogP contribution < -0.4 is 0 Å². The topological polar surface area (TPSA) is 9.23 Å². The molecule has 3 heteroatoms. The van der Waals surface area contributed by atoms with Crippen LogP contribution in [0.1, 0.15) is 17.9 Å². The lowest BCUT2D eigenvalue weighted by atomic mass is 9.97. The molecule has 1 aromatic carbocycles. The highest BCUT2D eigenvalue weighted by Gasteiger charge is 2.13. The molecule has 0 aromatic heterocycles. The summed E-state index contributed by atoms with van der Waals surface area (Å²) in [5.41, 5.74) is 0.307. The molecule has 77 valence electrons. The average molecular weight is 199 g/mol. The normalized spacial score (nSPS) is 12.9. The van der Waals surface area contributed by atoms with Crippen LogP contribution in [0.2, 0.25) is 0 Å². The van der Waals surface area contributed by atoms with E-state index in [1.165, 1.54) is 6.07 Å². The molecule has 0 aliphatic carbocycles. The Morgan fingerprint density at radius 3 is 2.79 bits per heavy atom. The SMILES string of the molecule is [CH2]C(CCOC)c1cccc(F)c1F. The molecule has 0 bridgehead atoms. The van der Waals surface area contributed by atoms with E-state index in [4.69, 9.17) is 4.74 Å². The van der Waals surface area contributed by atoms with Gasteiger partial charge in [-0.25, -0.2) is 8.78 Å². The standard InChI is InChI=1S/C11H13F2O/c1-8(6-7-14-2)9-4-3-5-10(12)11(9)13/h3-5,8H,1,6-7H2,2H3. The van der Waals surface area contributed by atoms with Crippen LogP contribution in [0.15, 0.2) is 18.2 Å². The molecule has 14 heavy (non-hydrogen) atoms. The molecule has 0 N–H and O–H groups in total. The van der Waals surface area contributed by atoms with Gasteiger partial charge in [0.05, 0.1) is 0 Å². The van der Waals surface area contributed by atoms with Crippen LogP contribution in [0.5, 0.6) is 0 Å². The molecule has 0 aliphatic heterocycles. The lowest BCUT2D eigenvalue weighted by Gasteiger charge is -2.11. The van der Waals surface area contributed by atoms with Crippen molar-refractivity contribution in [3.8, 4) is 0 Å². The van der Waals surface area contributed by atoms with Gasteiger partial charge in [-0.3, -0.25) is 0 Å². The molecule has 1 rings (SSSR count). The van der Waals surface area contributed by atoms with Gasteiger partial charge in [-0.05, 0) is 30.9 Å². The Balaban J connectivity index is 2.79. The van der Waals surface area contributed by atoms with Gasteiger partial charge in [0.25, 0.3) is 0 Å². The molecule has 0 fully saturated rings. The molecule has 0 aliphatic rings. The van der Waals surface area contributed by atoms with Crippen LogP contribution in [0.25, 0.3) is 0 Å². The molecular weight excluding hydrogens is 186 g/mol. The van der Waals surface area contributed by atoms with Crippen LogP contribution in [0.3, 0.4) is 0 Å². The van der Waals surface area contributed by atoms with Crippen molar-refractivity contribution in [3.63, 3.8) is 0 Å². The van der Waals surface area contributed by atoms with Crippen LogP contribution in [-0.4, -0.2) is 13.7 Å². The number of hydrogen-bond acceptors (Lipinski definition) is 1. The monoisotopic (exact) mass is 199 g/mol. The van der Waals surface area contributed by atoms with Crippen molar-refractivity contribution >= 4 is 0 Å². The van der Waals surface area contributed by atoms with Crippen molar-refractivity contribution in [2.24, 2.45) is 0 Å². The lowest BCUT2D eigenvalue weighted by Crippen LogP contribution is -2.03. The fraction of sp³-hybridized carbons (Fsp3) is 0.364. The summed E-state index contributed by atoms with van der Waals surface area (Å²) in [6.45, 7) is 4.25. The van der Waals surface area contributed by atoms with Gasteiger partial charge in [0.1, 0.15) is 0 Å². The quantitative estimate of drug-likeness (QED) is 0.724. The van der Waals surface area contributed by atoms with Gasteiger partial charge in [0, 0.05) is 13.7 Å². The Labute approximate surface area is 82.7 Å². The van der Waals surface area contributed by atoms with Gasteiger partial charge in [0.2, 0.25) is 0 Å². The second-order valence-corrected chi connectivity index (χ2v) is 3.12. The number of ether oxygens (including phenoxy) is 1. The van der Waals surface area contributed by atoms with E-state index in [1.807, 2.05) is 0 Å². The molecule has 1 nitrogen and oxygen atoms in total. The minimum atomic E-state index is -0.825. The highest BCUT2D eigenvalue weighted by atomic mass is 19.2. The molecule has 1 radical (unpaired) electrons. The molecule has 0 heterocycles. The Morgan fingerprint density at radius 2 is 2.14 bits per heavy atom. The van der Waals surface area contributed by atoms with Gasteiger partial charge < -0.3 is 4.74 Å². The molecule has 0 saturated heterocycles. The largest absolute Gasteiger partial charge is 0.385 e. The van der Waals surface area contributed by atoms with E-state index >= 15 is 0 Å². The molecule has 0 amide bonds. The number of methoxy groups -OCH3 is 1. The Bertz CT molecular complexity index is 299. The fourth-order valence-electron chi connectivity index (χ4n) is 1.25. The van der Waals surface area contributed by atoms with Crippen molar-refractivity contribution in [1.29, 1.82) is 0 Å². The molecule has 1 aromatic rings. The van der Waals surface area contributed by atoms with Crippen molar-refractivity contribution in [3.05, 3.63) is 42.3 Å². The zero-order valence-electron chi connectivity index (χ0n) is 8.09. The maximum absolute atomic E-state index is 13.2. The second-order valence-electron chi connectivity index (χ2n) is 3.12. The number of hydrogen-bond donors (Lipinski definition) is 0. The van der Waals surface area contributed by atoms with Gasteiger partial charge in [0.15, 0.2) is 11.6 Å². The van der Waals surface area contributed by atoms with Gasteiger partial charge >= 0.3 is 0 Å². The highest BCUT2D eigenvalue weighted by molar-refractivity contribution is 5.23. The van der Waals surface area contributed by atoms with E-state index in [9.17, 15) is 8.78 Å². The van der Waals surface area contributed by atoms with E-state index in [0.29, 0.717) is 18.6 Å². The maximum atomic E-state index is 13.2. The maximum Gasteiger partial charge on any atom is 0.162 e. The minimum absolute atomic E-state index is 0.273. The summed E-state index contributed by atoms with van der Waals surface area (Å²) in [7, 11) is 1.56. The number of benzene rings is 1. The molecule has 0 spiro atoms. The number of rotatable bonds is 4. The molecular formula is C11H13F2O. The first-order chi connectivity index (χ1) is 6.66. The first-order valence-corrected chi connectivity index (χ1v) is 4.42. The van der Waals surface area contributed by atoms with E-state index in [-0.39, 0.29) is 5.92 Å². The third-order valence-electron chi connectivity index (χ3n) is 2.09. The zero-order chi connectivity index (χ0) is 10.6. The van der Waals surface area contributed by atoms with E-state index in [1.54, 1.807) is 13.2 Å². The van der Waals surface area contributed by atoms with Crippen molar-refractivity contribution < 1.29 is 13.5 Å². The predicted molar refractivity (Wildman–Crippen MR) is 50.9 cm³/mol. The summed E-state index contributed by atoms with van der Waals surface area (Å²) < 4.78 is 30.9. The van der Waals surface area contributed by atoms with Gasteiger partial charge in [-0.15, -0.1) is 0 Å². The Morgan fingerprint density at radius 1 is 1.43 bits per heavy atom. The molecule has 0 saturated carbocycles. The third kappa shape index (κ3) is 2.51. The second kappa shape index (κ2) is 5.05. The Hall–Kier alpha value is -0.960. The number of halogens is 2. The summed E-state index contributed by atoms with van der Waals surface area (Å²) >= 11 is 0. The lowest BCUT2D eigenvalue weighted by molar-refractivity contribution is 0.191.